The average molecular weight is 435 g/mol. The molecule has 10 heteroatoms. The van der Waals surface area contributed by atoms with Crippen molar-refractivity contribution < 1.29 is 31.1 Å². The molecule has 1 N–H and O–H groups in total. The molecule has 1 aromatic carbocycles. The van der Waals surface area contributed by atoms with Crippen LogP contribution in [0.1, 0.15) is 24.4 Å². The Balaban J connectivity index is 2.35. The summed E-state index contributed by atoms with van der Waals surface area (Å²) in [6.45, 7) is 2.01. The van der Waals surface area contributed by atoms with Crippen molar-refractivity contribution in [2.24, 2.45) is 0 Å². The zero-order valence-electron chi connectivity index (χ0n) is 13.1. The molecule has 0 saturated carbocycles. The smallest absolute Gasteiger partial charge is 0.405 e. The molecule has 142 valence electrons. The van der Waals surface area contributed by atoms with Gasteiger partial charge in [-0.05, 0) is 24.6 Å². The third-order valence-corrected chi connectivity index (χ3v) is 4.34. The number of nitrogens with one attached hydrogen (secondary N) is 1. The van der Waals surface area contributed by atoms with Crippen molar-refractivity contribution in [3.8, 4) is 5.75 Å². The summed E-state index contributed by atoms with van der Waals surface area (Å²) in [6, 6.07) is 3.06. The van der Waals surface area contributed by atoms with E-state index in [1.165, 1.54) is 12.1 Å². The minimum Gasteiger partial charge on any atom is -0.405 e. The van der Waals surface area contributed by atoms with E-state index in [0.717, 1.165) is 6.07 Å². The summed E-state index contributed by atoms with van der Waals surface area (Å²) in [7, 11) is 0. The van der Waals surface area contributed by atoms with Gasteiger partial charge < -0.3 is 10.1 Å². The van der Waals surface area contributed by atoms with Crippen molar-refractivity contribution in [3.05, 3.63) is 28.2 Å². The van der Waals surface area contributed by atoms with Crippen LogP contribution < -0.4 is 10.1 Å². The zero-order valence-corrected chi connectivity index (χ0v) is 14.6. The van der Waals surface area contributed by atoms with E-state index in [2.05, 4.69) is 26.0 Å². The van der Waals surface area contributed by atoms with Crippen LogP contribution in [0.3, 0.4) is 0 Å². The highest BCUT2D eigenvalue weighted by molar-refractivity contribution is 9.10. The third-order valence-electron chi connectivity index (χ3n) is 3.85. The van der Waals surface area contributed by atoms with Crippen LogP contribution in [0.4, 0.5) is 26.3 Å². The van der Waals surface area contributed by atoms with Gasteiger partial charge in [-0.3, -0.25) is 4.90 Å². The molecule has 0 spiro atoms. The molecule has 25 heavy (non-hydrogen) atoms. The quantitative estimate of drug-likeness (QED) is 0.683. The highest BCUT2D eigenvalue weighted by Crippen LogP contribution is 2.39. The Hall–Kier alpha value is -1.00. The van der Waals surface area contributed by atoms with Crippen LogP contribution in [0, 0.1) is 0 Å². The first-order chi connectivity index (χ1) is 11.6. The van der Waals surface area contributed by atoms with Gasteiger partial charge in [0.25, 0.3) is 0 Å². The van der Waals surface area contributed by atoms with E-state index in [0.29, 0.717) is 30.7 Å². The van der Waals surface area contributed by atoms with Gasteiger partial charge in [-0.15, -0.1) is 13.2 Å². The van der Waals surface area contributed by atoms with Crippen LogP contribution in [0.5, 0.6) is 5.75 Å². The van der Waals surface area contributed by atoms with Crippen LogP contribution in [-0.2, 0) is 0 Å². The van der Waals surface area contributed by atoms with Crippen molar-refractivity contribution in [2.45, 2.75) is 31.4 Å². The molecule has 0 amide bonds. The van der Waals surface area contributed by atoms with E-state index in [-0.39, 0.29) is 12.0 Å². The molecule has 2 rings (SSSR count). The highest BCUT2D eigenvalue weighted by atomic mass is 79.9. The second kappa shape index (κ2) is 8.13. The largest absolute Gasteiger partial charge is 0.573 e. The van der Waals surface area contributed by atoms with Crippen LogP contribution in [0.25, 0.3) is 0 Å². The zero-order chi connectivity index (χ0) is 18.7. The molecule has 1 saturated heterocycles. The lowest BCUT2D eigenvalue weighted by molar-refractivity contribution is -0.275. The van der Waals surface area contributed by atoms with E-state index < -0.39 is 30.8 Å². The van der Waals surface area contributed by atoms with Gasteiger partial charge in [-0.25, -0.2) is 0 Å². The summed E-state index contributed by atoms with van der Waals surface area (Å²) in [5.74, 6) is -0.471. The summed E-state index contributed by atoms with van der Waals surface area (Å²) in [4.78, 5) is 1.76. The molecule has 1 atom stereocenters. The number of rotatable bonds is 5. The van der Waals surface area contributed by atoms with Gasteiger partial charge in [0, 0.05) is 48.7 Å². The fourth-order valence-electron chi connectivity index (χ4n) is 2.83. The Morgan fingerprint density at radius 3 is 2.32 bits per heavy atom. The molecule has 3 nitrogen and oxygen atoms in total. The second-order valence-electron chi connectivity index (χ2n) is 5.69. The van der Waals surface area contributed by atoms with Crippen molar-refractivity contribution in [1.82, 2.24) is 10.2 Å². The maximum Gasteiger partial charge on any atom is 0.573 e. The molecule has 1 fully saturated rings. The van der Waals surface area contributed by atoms with Gasteiger partial charge in [0.15, 0.2) is 0 Å². The fourth-order valence-corrected chi connectivity index (χ4v) is 3.21. The summed E-state index contributed by atoms with van der Waals surface area (Å²) in [5, 5.41) is 3.07. The minimum absolute atomic E-state index is 0.0952. The SMILES string of the molecule is FC(F)(F)CC[C@@H](c1cc(Br)ccc1OC(F)(F)F)N1CCNCC1. The number of alkyl halides is 6. The topological polar surface area (TPSA) is 24.5 Å². The van der Waals surface area contributed by atoms with Crippen molar-refractivity contribution in [3.63, 3.8) is 0 Å². The Labute approximate surface area is 149 Å². The minimum atomic E-state index is -4.92. The highest BCUT2D eigenvalue weighted by Gasteiger charge is 2.36. The van der Waals surface area contributed by atoms with Gasteiger partial charge in [-0.2, -0.15) is 13.2 Å². The van der Waals surface area contributed by atoms with Crippen LogP contribution in [-0.4, -0.2) is 43.6 Å². The molecule has 1 heterocycles. The Kier molecular flexibility index (Phi) is 6.61. The lowest BCUT2D eigenvalue weighted by Crippen LogP contribution is -2.45. The van der Waals surface area contributed by atoms with Crippen LogP contribution >= 0.6 is 15.9 Å². The average Bonchev–Trinajstić information content (AvgIpc) is 2.49. The van der Waals surface area contributed by atoms with Crippen LogP contribution in [0.15, 0.2) is 22.7 Å². The summed E-state index contributed by atoms with van der Waals surface area (Å²) >= 11 is 3.17. The molecule has 0 radical (unpaired) electrons. The first-order valence-electron chi connectivity index (χ1n) is 7.62. The van der Waals surface area contributed by atoms with E-state index in [1.54, 1.807) is 4.90 Å². The van der Waals surface area contributed by atoms with Gasteiger partial charge in [0.05, 0.1) is 0 Å². The lowest BCUT2D eigenvalue weighted by Gasteiger charge is -2.36. The number of hydrogen-bond acceptors (Lipinski definition) is 3. The molecule has 1 aliphatic heterocycles. The maximum absolute atomic E-state index is 12.7. The number of ether oxygens (including phenoxy) is 1. The van der Waals surface area contributed by atoms with Gasteiger partial charge in [0.1, 0.15) is 5.75 Å². The first-order valence-corrected chi connectivity index (χ1v) is 8.41. The Morgan fingerprint density at radius 2 is 1.76 bits per heavy atom. The van der Waals surface area contributed by atoms with Gasteiger partial charge >= 0.3 is 12.5 Å². The number of halogens is 7. The predicted octanol–water partition coefficient (Wildman–Crippen LogP) is 4.64. The molecule has 1 aromatic rings. The van der Waals surface area contributed by atoms with Gasteiger partial charge in [-0.1, -0.05) is 15.9 Å². The molecule has 0 aliphatic carbocycles. The summed E-state index contributed by atoms with van der Waals surface area (Å²) < 4.78 is 80.6. The molecule has 0 bridgehead atoms. The Morgan fingerprint density at radius 1 is 1.12 bits per heavy atom. The lowest BCUT2D eigenvalue weighted by atomic mass is 9.98. The van der Waals surface area contributed by atoms with Gasteiger partial charge in [0.2, 0.25) is 0 Å². The monoisotopic (exact) mass is 434 g/mol. The Bertz CT molecular complexity index is 572. The van der Waals surface area contributed by atoms with E-state index in [9.17, 15) is 26.3 Å². The van der Waals surface area contributed by atoms with Crippen molar-refractivity contribution >= 4 is 15.9 Å². The first kappa shape index (κ1) is 20.3. The van der Waals surface area contributed by atoms with Crippen molar-refractivity contribution in [1.29, 1.82) is 0 Å². The normalized spacial score (nSPS) is 18.2. The predicted molar refractivity (Wildman–Crippen MR) is 83.3 cm³/mol. The third kappa shape index (κ3) is 6.67. The van der Waals surface area contributed by atoms with E-state index in [1.807, 2.05) is 0 Å². The molecule has 0 aromatic heterocycles. The van der Waals surface area contributed by atoms with Crippen LogP contribution in [0.2, 0.25) is 0 Å². The molecule has 0 unspecified atom stereocenters. The van der Waals surface area contributed by atoms with E-state index in [4.69, 9.17) is 0 Å². The molecular formula is C15H17BrF6N2O. The number of nitrogens with zero attached hydrogens (tertiary/aromatic N) is 1. The maximum atomic E-state index is 12.7. The number of hydrogen-bond donors (Lipinski definition) is 1. The molecule has 1 aliphatic rings. The number of piperazine rings is 1. The number of benzene rings is 1. The fraction of sp³-hybridized carbons (Fsp3) is 0.600. The second-order valence-corrected chi connectivity index (χ2v) is 6.60. The van der Waals surface area contributed by atoms with Crippen molar-refractivity contribution in [2.75, 3.05) is 26.2 Å². The standard InChI is InChI=1S/C15H17BrF6N2O/c16-10-1-2-13(25-15(20,21)22)11(9-10)12(3-4-14(17,18)19)24-7-5-23-6-8-24/h1-2,9,12,23H,3-8H2/t12-/m0/s1. The molecular weight excluding hydrogens is 418 g/mol. The summed E-state index contributed by atoms with van der Waals surface area (Å²) in [5.41, 5.74) is 0.0952. The summed E-state index contributed by atoms with van der Waals surface area (Å²) in [6.07, 6.45) is -10.7. The van der Waals surface area contributed by atoms with E-state index >= 15 is 0 Å².